The van der Waals surface area contributed by atoms with E-state index in [0.29, 0.717) is 6.04 Å². The van der Waals surface area contributed by atoms with Gasteiger partial charge in [-0.05, 0) is 55.0 Å². The van der Waals surface area contributed by atoms with E-state index in [1.165, 1.54) is 0 Å². The van der Waals surface area contributed by atoms with Crippen LogP contribution >= 0.6 is 15.9 Å². The zero-order chi connectivity index (χ0) is 13.9. The number of nitrogens with one attached hydrogen (secondary N) is 1. The van der Waals surface area contributed by atoms with Crippen molar-refractivity contribution >= 4 is 21.8 Å². The molecule has 3 N–H and O–H groups in total. The molecule has 106 valence electrons. The minimum Gasteiger partial charge on any atom is -0.368 e. The molecule has 0 bridgehead atoms. The maximum atomic E-state index is 11.6. The number of hydrogen-bond donors (Lipinski definition) is 2. The lowest BCUT2D eigenvalue weighted by Gasteiger charge is -2.27. The molecular formula is C13H21BrN4O. The van der Waals surface area contributed by atoms with E-state index < -0.39 is 5.54 Å². The average molecular weight is 329 g/mol. The molecule has 0 aliphatic heterocycles. The molecule has 1 aromatic heterocycles. The molecule has 6 heteroatoms. The van der Waals surface area contributed by atoms with E-state index in [2.05, 4.69) is 26.3 Å². The molecule has 1 atom stereocenters. The lowest BCUT2D eigenvalue weighted by molar-refractivity contribution is -0.124. The highest BCUT2D eigenvalue weighted by Gasteiger charge is 2.36. The topological polar surface area (TPSA) is 72.9 Å². The van der Waals surface area contributed by atoms with Gasteiger partial charge in [0.25, 0.3) is 0 Å². The Morgan fingerprint density at radius 1 is 1.63 bits per heavy atom. The monoisotopic (exact) mass is 328 g/mol. The summed E-state index contributed by atoms with van der Waals surface area (Å²) in [7, 11) is 0. The number of halogens is 1. The average Bonchev–Trinajstić information content (AvgIpc) is 3.05. The van der Waals surface area contributed by atoms with E-state index in [-0.39, 0.29) is 5.91 Å². The molecular weight excluding hydrogens is 308 g/mol. The number of rotatable bonds is 8. The number of amides is 1. The summed E-state index contributed by atoms with van der Waals surface area (Å²) in [6, 6.07) is 0.486. The number of carbonyl (C=O) groups is 1. The van der Waals surface area contributed by atoms with Gasteiger partial charge in [0.2, 0.25) is 5.91 Å². The first-order chi connectivity index (χ1) is 8.99. The molecule has 1 amide bonds. The standard InChI is InChI=1S/C13H21BrN4O/c1-13(12(15)19,17-11-4-5-11)6-2-3-7-18-9-10(14)8-16-18/h8-9,11,17H,2-7H2,1H3,(H2,15,19). The van der Waals surface area contributed by atoms with E-state index in [1.807, 2.05) is 17.8 Å². The van der Waals surface area contributed by atoms with Crippen molar-refractivity contribution in [2.45, 2.75) is 57.2 Å². The molecule has 0 saturated heterocycles. The summed E-state index contributed by atoms with van der Waals surface area (Å²) in [5.41, 5.74) is 4.95. The van der Waals surface area contributed by atoms with Crippen LogP contribution in [-0.4, -0.2) is 27.3 Å². The largest absolute Gasteiger partial charge is 0.368 e. The predicted octanol–water partition coefficient (Wildman–Crippen LogP) is 1.81. The number of unbranched alkanes of at least 4 members (excludes halogenated alkanes) is 1. The Balaban J connectivity index is 1.74. The molecule has 1 aromatic rings. The van der Waals surface area contributed by atoms with Crippen LogP contribution in [0.25, 0.3) is 0 Å². The lowest BCUT2D eigenvalue weighted by Crippen LogP contribution is -2.53. The van der Waals surface area contributed by atoms with Crippen LogP contribution in [0.3, 0.4) is 0 Å². The molecule has 1 fully saturated rings. The second-order valence-corrected chi connectivity index (χ2v) is 6.41. The number of carbonyl (C=O) groups excluding carboxylic acids is 1. The van der Waals surface area contributed by atoms with Gasteiger partial charge in [0.15, 0.2) is 0 Å². The van der Waals surface area contributed by atoms with Crippen LogP contribution in [0.1, 0.15) is 39.0 Å². The molecule has 0 aromatic carbocycles. The predicted molar refractivity (Wildman–Crippen MR) is 77.5 cm³/mol. The molecule has 0 radical (unpaired) electrons. The van der Waals surface area contributed by atoms with E-state index in [4.69, 9.17) is 5.73 Å². The molecule has 5 nitrogen and oxygen atoms in total. The highest BCUT2D eigenvalue weighted by atomic mass is 79.9. The van der Waals surface area contributed by atoms with Crippen LogP contribution in [0.15, 0.2) is 16.9 Å². The molecule has 1 aliphatic carbocycles. The van der Waals surface area contributed by atoms with Gasteiger partial charge < -0.3 is 11.1 Å². The maximum absolute atomic E-state index is 11.6. The summed E-state index contributed by atoms with van der Waals surface area (Å²) in [4.78, 5) is 11.6. The van der Waals surface area contributed by atoms with Crippen LogP contribution in [0, 0.1) is 0 Å². The fourth-order valence-electron chi connectivity index (χ4n) is 2.16. The van der Waals surface area contributed by atoms with Crippen molar-refractivity contribution in [3.05, 3.63) is 16.9 Å². The zero-order valence-electron chi connectivity index (χ0n) is 11.2. The van der Waals surface area contributed by atoms with Gasteiger partial charge in [-0.1, -0.05) is 0 Å². The summed E-state index contributed by atoms with van der Waals surface area (Å²) >= 11 is 3.37. The van der Waals surface area contributed by atoms with Gasteiger partial charge in [-0.2, -0.15) is 5.10 Å². The third-order valence-electron chi connectivity index (χ3n) is 3.56. The van der Waals surface area contributed by atoms with Crippen molar-refractivity contribution in [3.63, 3.8) is 0 Å². The Morgan fingerprint density at radius 3 is 2.89 bits per heavy atom. The first kappa shape index (κ1) is 14.5. The summed E-state index contributed by atoms with van der Waals surface area (Å²) in [6.07, 6.45) is 8.77. The van der Waals surface area contributed by atoms with Gasteiger partial charge >= 0.3 is 0 Å². The van der Waals surface area contributed by atoms with Gasteiger partial charge in [0, 0.05) is 18.8 Å². The first-order valence-electron chi connectivity index (χ1n) is 6.75. The van der Waals surface area contributed by atoms with E-state index >= 15 is 0 Å². The van der Waals surface area contributed by atoms with Crippen LogP contribution in [0.2, 0.25) is 0 Å². The highest BCUT2D eigenvalue weighted by molar-refractivity contribution is 9.10. The highest BCUT2D eigenvalue weighted by Crippen LogP contribution is 2.25. The Hall–Kier alpha value is -0.880. The van der Waals surface area contributed by atoms with Crippen molar-refractivity contribution < 1.29 is 4.79 Å². The van der Waals surface area contributed by atoms with Crippen LogP contribution < -0.4 is 11.1 Å². The second-order valence-electron chi connectivity index (χ2n) is 5.49. The van der Waals surface area contributed by atoms with Crippen molar-refractivity contribution in [1.29, 1.82) is 0 Å². The van der Waals surface area contributed by atoms with E-state index in [1.54, 1.807) is 6.20 Å². The molecule has 1 heterocycles. The van der Waals surface area contributed by atoms with Crippen molar-refractivity contribution in [1.82, 2.24) is 15.1 Å². The van der Waals surface area contributed by atoms with E-state index in [0.717, 1.165) is 43.1 Å². The smallest absolute Gasteiger partial charge is 0.237 e. The molecule has 19 heavy (non-hydrogen) atoms. The molecule has 0 spiro atoms. The quantitative estimate of drug-likeness (QED) is 0.715. The minimum atomic E-state index is -0.564. The molecule has 2 rings (SSSR count). The number of nitrogens with two attached hydrogens (primary N) is 1. The summed E-state index contributed by atoms with van der Waals surface area (Å²) in [5.74, 6) is -0.249. The van der Waals surface area contributed by atoms with Gasteiger partial charge in [0.1, 0.15) is 0 Å². The lowest BCUT2D eigenvalue weighted by atomic mass is 9.93. The number of aryl methyl sites for hydroxylation is 1. The zero-order valence-corrected chi connectivity index (χ0v) is 12.8. The molecule has 1 unspecified atom stereocenters. The van der Waals surface area contributed by atoms with Crippen molar-refractivity contribution in [2.75, 3.05) is 0 Å². The normalized spacial score (nSPS) is 18.2. The Morgan fingerprint density at radius 2 is 2.37 bits per heavy atom. The van der Waals surface area contributed by atoms with Gasteiger partial charge in [-0.15, -0.1) is 0 Å². The second kappa shape index (κ2) is 6.05. The number of hydrogen-bond acceptors (Lipinski definition) is 3. The molecule has 1 saturated carbocycles. The van der Waals surface area contributed by atoms with Crippen LogP contribution in [0.5, 0.6) is 0 Å². The Kier molecular flexibility index (Phi) is 4.62. The number of primary amides is 1. The summed E-state index contributed by atoms with van der Waals surface area (Å²) < 4.78 is 2.89. The third-order valence-corrected chi connectivity index (χ3v) is 3.97. The van der Waals surface area contributed by atoms with Crippen LogP contribution in [0.4, 0.5) is 0 Å². The van der Waals surface area contributed by atoms with Crippen molar-refractivity contribution in [3.8, 4) is 0 Å². The minimum absolute atomic E-state index is 0.249. The fourth-order valence-corrected chi connectivity index (χ4v) is 2.49. The van der Waals surface area contributed by atoms with E-state index in [9.17, 15) is 4.79 Å². The van der Waals surface area contributed by atoms with Gasteiger partial charge in [0.05, 0.1) is 16.2 Å². The SMILES string of the molecule is CC(CCCCn1cc(Br)cn1)(NC1CC1)C(N)=O. The Bertz CT molecular complexity index is 444. The maximum Gasteiger partial charge on any atom is 0.237 e. The van der Waals surface area contributed by atoms with Crippen molar-refractivity contribution in [2.24, 2.45) is 5.73 Å². The summed E-state index contributed by atoms with van der Waals surface area (Å²) in [5, 5.41) is 7.57. The summed E-state index contributed by atoms with van der Waals surface area (Å²) in [6.45, 7) is 2.78. The fraction of sp³-hybridized carbons (Fsp3) is 0.692. The third kappa shape index (κ3) is 4.31. The van der Waals surface area contributed by atoms with Crippen LogP contribution in [-0.2, 0) is 11.3 Å². The van der Waals surface area contributed by atoms with Gasteiger partial charge in [-0.25, -0.2) is 0 Å². The number of aromatic nitrogens is 2. The molecule has 1 aliphatic rings. The number of nitrogens with zero attached hydrogens (tertiary/aromatic N) is 2. The first-order valence-corrected chi connectivity index (χ1v) is 7.54. The Labute approximate surface area is 122 Å². The van der Waals surface area contributed by atoms with Gasteiger partial charge in [-0.3, -0.25) is 9.48 Å².